The number of halogens is 2. The number of hydrogen-bond donors (Lipinski definition) is 1. The molecule has 0 saturated heterocycles. The molecule has 0 aromatic heterocycles. The van der Waals surface area contributed by atoms with E-state index in [1.165, 1.54) is 12.1 Å². The SMILES string of the molecule is CNC(Cc1cc(F)ccc1F)CC(C)C. The molecule has 0 spiro atoms. The predicted octanol–water partition coefficient (Wildman–Crippen LogP) is 3.14. The van der Waals surface area contributed by atoms with Gasteiger partial charge in [0.05, 0.1) is 0 Å². The normalized spacial score (nSPS) is 13.1. The maximum atomic E-state index is 13.4. The molecule has 1 aromatic carbocycles. The summed E-state index contributed by atoms with van der Waals surface area (Å²) in [6, 6.07) is 3.80. The Kier molecular flexibility index (Phi) is 4.87. The third kappa shape index (κ3) is 3.89. The maximum absolute atomic E-state index is 13.4. The fourth-order valence-corrected chi connectivity index (χ4v) is 1.84. The minimum absolute atomic E-state index is 0.191. The van der Waals surface area contributed by atoms with Gasteiger partial charge in [-0.2, -0.15) is 0 Å². The van der Waals surface area contributed by atoms with E-state index in [4.69, 9.17) is 0 Å². The van der Waals surface area contributed by atoms with Gasteiger partial charge < -0.3 is 5.32 Å². The van der Waals surface area contributed by atoms with Gasteiger partial charge in [0.2, 0.25) is 0 Å². The van der Waals surface area contributed by atoms with Crippen LogP contribution in [-0.4, -0.2) is 13.1 Å². The molecular weight excluding hydrogens is 208 g/mol. The second kappa shape index (κ2) is 5.94. The van der Waals surface area contributed by atoms with Crippen LogP contribution in [-0.2, 0) is 6.42 Å². The second-order valence-electron chi connectivity index (χ2n) is 4.56. The van der Waals surface area contributed by atoms with Crippen LogP contribution in [0.5, 0.6) is 0 Å². The van der Waals surface area contributed by atoms with Crippen LogP contribution in [0, 0.1) is 17.6 Å². The third-order valence-electron chi connectivity index (χ3n) is 2.64. The lowest BCUT2D eigenvalue weighted by atomic mass is 9.97. The highest BCUT2D eigenvalue weighted by molar-refractivity contribution is 5.19. The van der Waals surface area contributed by atoms with E-state index in [0.717, 1.165) is 12.5 Å². The van der Waals surface area contributed by atoms with E-state index in [2.05, 4.69) is 19.2 Å². The van der Waals surface area contributed by atoms with Gasteiger partial charge in [0.1, 0.15) is 11.6 Å². The molecule has 1 nitrogen and oxygen atoms in total. The molecular formula is C13H19F2N. The Morgan fingerprint density at radius 2 is 1.94 bits per heavy atom. The summed E-state index contributed by atoms with van der Waals surface area (Å²) < 4.78 is 26.4. The lowest BCUT2D eigenvalue weighted by Crippen LogP contribution is -2.29. The Bertz CT molecular complexity index is 337. The monoisotopic (exact) mass is 227 g/mol. The molecule has 0 fully saturated rings. The first-order valence-corrected chi connectivity index (χ1v) is 5.64. The molecule has 1 unspecified atom stereocenters. The number of benzene rings is 1. The summed E-state index contributed by atoms with van der Waals surface area (Å²) in [7, 11) is 1.85. The van der Waals surface area contributed by atoms with E-state index in [9.17, 15) is 8.78 Å². The minimum Gasteiger partial charge on any atom is -0.317 e. The van der Waals surface area contributed by atoms with Crippen molar-refractivity contribution in [3.63, 3.8) is 0 Å². The van der Waals surface area contributed by atoms with E-state index in [1.807, 2.05) is 7.05 Å². The number of hydrogen-bond acceptors (Lipinski definition) is 1. The van der Waals surface area contributed by atoms with E-state index in [1.54, 1.807) is 0 Å². The van der Waals surface area contributed by atoms with Crippen molar-refractivity contribution in [2.75, 3.05) is 7.05 Å². The molecule has 90 valence electrons. The molecule has 0 saturated carbocycles. The molecule has 1 rings (SSSR count). The number of nitrogens with one attached hydrogen (secondary N) is 1. The topological polar surface area (TPSA) is 12.0 Å². The highest BCUT2D eigenvalue weighted by Gasteiger charge is 2.12. The number of likely N-dealkylation sites (N-methyl/N-ethyl adjacent to an activating group) is 1. The fourth-order valence-electron chi connectivity index (χ4n) is 1.84. The Labute approximate surface area is 95.9 Å². The lowest BCUT2D eigenvalue weighted by Gasteiger charge is -2.18. The van der Waals surface area contributed by atoms with Gasteiger partial charge in [-0.3, -0.25) is 0 Å². The van der Waals surface area contributed by atoms with Crippen LogP contribution in [0.2, 0.25) is 0 Å². The van der Waals surface area contributed by atoms with Crippen LogP contribution < -0.4 is 5.32 Å². The second-order valence-corrected chi connectivity index (χ2v) is 4.56. The molecule has 0 amide bonds. The summed E-state index contributed by atoms with van der Waals surface area (Å²) >= 11 is 0. The summed E-state index contributed by atoms with van der Waals surface area (Å²) in [6.07, 6.45) is 1.48. The average molecular weight is 227 g/mol. The van der Waals surface area contributed by atoms with E-state index >= 15 is 0 Å². The van der Waals surface area contributed by atoms with Gasteiger partial charge in [0.25, 0.3) is 0 Å². The first kappa shape index (κ1) is 13.1. The molecule has 1 aromatic rings. The Morgan fingerprint density at radius 1 is 1.25 bits per heavy atom. The van der Waals surface area contributed by atoms with Crippen molar-refractivity contribution in [1.29, 1.82) is 0 Å². The van der Waals surface area contributed by atoms with Crippen LogP contribution in [0.3, 0.4) is 0 Å². The van der Waals surface area contributed by atoms with Gasteiger partial charge in [-0.1, -0.05) is 13.8 Å². The predicted molar refractivity (Wildman–Crippen MR) is 62.4 cm³/mol. The van der Waals surface area contributed by atoms with Gasteiger partial charge in [-0.15, -0.1) is 0 Å². The minimum atomic E-state index is -0.379. The lowest BCUT2D eigenvalue weighted by molar-refractivity contribution is 0.434. The molecule has 0 aliphatic carbocycles. The van der Waals surface area contributed by atoms with Crippen LogP contribution in [0.1, 0.15) is 25.8 Å². The van der Waals surface area contributed by atoms with Crippen molar-refractivity contribution in [3.8, 4) is 0 Å². The van der Waals surface area contributed by atoms with Crippen LogP contribution in [0.15, 0.2) is 18.2 Å². The Balaban J connectivity index is 2.73. The van der Waals surface area contributed by atoms with Crippen molar-refractivity contribution < 1.29 is 8.78 Å². The summed E-state index contributed by atoms with van der Waals surface area (Å²) in [6.45, 7) is 4.23. The highest BCUT2D eigenvalue weighted by Crippen LogP contribution is 2.15. The first-order valence-electron chi connectivity index (χ1n) is 5.64. The van der Waals surface area contributed by atoms with Crippen LogP contribution >= 0.6 is 0 Å². The summed E-state index contributed by atoms with van der Waals surface area (Å²) in [5, 5.41) is 3.14. The van der Waals surface area contributed by atoms with Gasteiger partial charge >= 0.3 is 0 Å². The molecule has 3 heteroatoms. The standard InChI is InChI=1S/C13H19F2N/c1-9(2)6-12(16-3)8-10-7-11(14)4-5-13(10)15/h4-5,7,9,12,16H,6,8H2,1-3H3. The first-order chi connectivity index (χ1) is 7.52. The van der Waals surface area contributed by atoms with E-state index < -0.39 is 0 Å². The summed E-state index contributed by atoms with van der Waals surface area (Å²) in [5.74, 6) is -0.171. The third-order valence-corrected chi connectivity index (χ3v) is 2.64. The summed E-state index contributed by atoms with van der Waals surface area (Å²) in [5.41, 5.74) is 0.444. The Morgan fingerprint density at radius 3 is 2.50 bits per heavy atom. The van der Waals surface area contributed by atoms with Crippen molar-refractivity contribution in [1.82, 2.24) is 5.32 Å². The van der Waals surface area contributed by atoms with Crippen molar-refractivity contribution in [2.45, 2.75) is 32.7 Å². The van der Waals surface area contributed by atoms with E-state index in [0.29, 0.717) is 17.9 Å². The zero-order valence-electron chi connectivity index (χ0n) is 10.1. The molecule has 16 heavy (non-hydrogen) atoms. The fraction of sp³-hybridized carbons (Fsp3) is 0.538. The van der Waals surface area contributed by atoms with Crippen molar-refractivity contribution in [3.05, 3.63) is 35.4 Å². The molecule has 1 N–H and O–H groups in total. The number of rotatable bonds is 5. The van der Waals surface area contributed by atoms with Gasteiger partial charge in [-0.25, -0.2) is 8.78 Å². The molecule has 0 bridgehead atoms. The van der Waals surface area contributed by atoms with Gasteiger partial charge in [-0.05, 0) is 49.6 Å². The largest absolute Gasteiger partial charge is 0.317 e. The van der Waals surface area contributed by atoms with Gasteiger partial charge in [0, 0.05) is 6.04 Å². The van der Waals surface area contributed by atoms with E-state index in [-0.39, 0.29) is 17.7 Å². The molecule has 0 aliphatic heterocycles. The quantitative estimate of drug-likeness (QED) is 0.814. The molecule has 0 radical (unpaired) electrons. The summed E-state index contributed by atoms with van der Waals surface area (Å²) in [4.78, 5) is 0. The highest BCUT2D eigenvalue weighted by atomic mass is 19.1. The molecule has 1 atom stereocenters. The van der Waals surface area contributed by atoms with Crippen LogP contribution in [0.25, 0.3) is 0 Å². The zero-order valence-corrected chi connectivity index (χ0v) is 10.1. The van der Waals surface area contributed by atoms with Crippen molar-refractivity contribution >= 4 is 0 Å². The molecule has 0 aliphatic rings. The maximum Gasteiger partial charge on any atom is 0.126 e. The Hall–Kier alpha value is -0.960. The average Bonchev–Trinajstić information content (AvgIpc) is 2.21. The molecule has 0 heterocycles. The van der Waals surface area contributed by atoms with Crippen LogP contribution in [0.4, 0.5) is 8.78 Å². The van der Waals surface area contributed by atoms with Crippen molar-refractivity contribution in [2.24, 2.45) is 5.92 Å². The zero-order chi connectivity index (χ0) is 12.1. The van der Waals surface area contributed by atoms with Gasteiger partial charge in [0.15, 0.2) is 0 Å². The smallest absolute Gasteiger partial charge is 0.126 e.